The van der Waals surface area contributed by atoms with Crippen LogP contribution in [0.25, 0.3) is 0 Å². The molecule has 0 unspecified atom stereocenters. The molecule has 0 aliphatic carbocycles. The number of hydrogen-bond donors (Lipinski definition) is 2. The summed E-state index contributed by atoms with van der Waals surface area (Å²) in [5.41, 5.74) is 1.33. The average Bonchev–Trinajstić information content (AvgIpc) is 2.79. The van der Waals surface area contributed by atoms with Gasteiger partial charge in [-0.05, 0) is 64.8 Å². The Morgan fingerprint density at radius 1 is 0.909 bits per heavy atom. The van der Waals surface area contributed by atoms with Crippen molar-refractivity contribution in [3.05, 3.63) is 57.5 Å². The van der Waals surface area contributed by atoms with Gasteiger partial charge in [-0.3, -0.25) is 14.4 Å². The molecule has 2 N–H and O–H groups in total. The van der Waals surface area contributed by atoms with E-state index < -0.39 is 30.4 Å². The molecule has 0 aromatic heterocycles. The van der Waals surface area contributed by atoms with E-state index in [1.54, 1.807) is 42.5 Å². The number of esters is 2. The van der Waals surface area contributed by atoms with Gasteiger partial charge >= 0.3 is 11.9 Å². The van der Waals surface area contributed by atoms with Crippen LogP contribution in [0.4, 0.5) is 11.4 Å². The van der Waals surface area contributed by atoms with Crippen LogP contribution in [0.1, 0.15) is 43.0 Å². The molecule has 0 saturated heterocycles. The van der Waals surface area contributed by atoms with Crippen LogP contribution in [0.5, 0.6) is 0 Å². The molecule has 2 aromatic carbocycles. The highest BCUT2D eigenvalue weighted by Gasteiger charge is 2.12. The predicted octanol–water partition coefficient (Wildman–Crippen LogP) is 4.96. The number of hydrogen-bond acceptors (Lipinski definition) is 6. The van der Waals surface area contributed by atoms with Gasteiger partial charge in [0.25, 0.3) is 5.91 Å². The standard InChI is InChI=1S/C23H24BrClN2O6/c1-2-3-12-32-23(31)15-4-6-16(7-5-15)26-20(28)10-11-22(30)33-14-21(29)27-17-8-9-18(24)19(25)13-17/h4-9,13H,2-3,10-12,14H2,1H3,(H,26,28)(H,27,29). The summed E-state index contributed by atoms with van der Waals surface area (Å²) in [5, 5.41) is 5.61. The molecule has 0 saturated carbocycles. The van der Waals surface area contributed by atoms with Crippen molar-refractivity contribution in [1.29, 1.82) is 0 Å². The number of amides is 2. The molecule has 0 radical (unpaired) electrons. The van der Waals surface area contributed by atoms with Crippen molar-refractivity contribution in [3.63, 3.8) is 0 Å². The lowest BCUT2D eigenvalue weighted by molar-refractivity contribution is -0.147. The van der Waals surface area contributed by atoms with Crippen LogP contribution in [-0.4, -0.2) is 37.0 Å². The molecule has 10 heteroatoms. The molecule has 33 heavy (non-hydrogen) atoms. The summed E-state index contributed by atoms with van der Waals surface area (Å²) in [5.74, 6) is -2.03. The number of nitrogens with one attached hydrogen (secondary N) is 2. The highest BCUT2D eigenvalue weighted by Crippen LogP contribution is 2.25. The number of anilines is 2. The van der Waals surface area contributed by atoms with Crippen LogP contribution in [0, 0.1) is 0 Å². The van der Waals surface area contributed by atoms with Crippen molar-refractivity contribution in [3.8, 4) is 0 Å². The van der Waals surface area contributed by atoms with Crippen molar-refractivity contribution >= 4 is 62.7 Å². The van der Waals surface area contributed by atoms with Gasteiger partial charge in [-0.1, -0.05) is 24.9 Å². The van der Waals surface area contributed by atoms with Crippen molar-refractivity contribution in [2.75, 3.05) is 23.8 Å². The summed E-state index contributed by atoms with van der Waals surface area (Å²) in [4.78, 5) is 47.6. The van der Waals surface area contributed by atoms with Gasteiger partial charge in [0.15, 0.2) is 6.61 Å². The molecule has 0 aliphatic heterocycles. The average molecular weight is 540 g/mol. The molecule has 2 amide bonds. The summed E-state index contributed by atoms with van der Waals surface area (Å²) in [6, 6.07) is 11.1. The molecule has 0 atom stereocenters. The Morgan fingerprint density at radius 2 is 1.58 bits per heavy atom. The highest BCUT2D eigenvalue weighted by atomic mass is 79.9. The summed E-state index contributed by atoms with van der Waals surface area (Å²) in [6.07, 6.45) is 1.42. The third-order valence-electron chi connectivity index (χ3n) is 4.26. The first-order valence-corrected chi connectivity index (χ1v) is 11.4. The predicted molar refractivity (Wildman–Crippen MR) is 128 cm³/mol. The topological polar surface area (TPSA) is 111 Å². The van der Waals surface area contributed by atoms with Crippen LogP contribution in [0.3, 0.4) is 0 Å². The first-order valence-electron chi connectivity index (χ1n) is 10.3. The van der Waals surface area contributed by atoms with Crippen molar-refractivity contribution in [2.24, 2.45) is 0 Å². The quantitative estimate of drug-likeness (QED) is 0.308. The Morgan fingerprint density at radius 3 is 2.24 bits per heavy atom. The third kappa shape index (κ3) is 9.63. The molecule has 0 heterocycles. The highest BCUT2D eigenvalue weighted by molar-refractivity contribution is 9.10. The van der Waals surface area contributed by atoms with Gasteiger partial charge in [-0.15, -0.1) is 0 Å². The second kappa shape index (κ2) is 13.6. The molecule has 176 valence electrons. The molecular formula is C23H24BrClN2O6. The zero-order valence-corrected chi connectivity index (χ0v) is 20.3. The van der Waals surface area contributed by atoms with E-state index >= 15 is 0 Å². The molecule has 8 nitrogen and oxygen atoms in total. The number of unbranched alkanes of at least 4 members (excludes halogenated alkanes) is 1. The van der Waals surface area contributed by atoms with Gasteiger partial charge in [0.1, 0.15) is 0 Å². The fourth-order valence-electron chi connectivity index (χ4n) is 2.51. The summed E-state index contributed by atoms with van der Waals surface area (Å²) >= 11 is 9.21. The molecule has 0 bridgehead atoms. The van der Waals surface area contributed by atoms with Gasteiger partial charge in [0, 0.05) is 22.3 Å². The Bertz CT molecular complexity index is 997. The van der Waals surface area contributed by atoms with Crippen LogP contribution in [-0.2, 0) is 23.9 Å². The molecule has 2 aromatic rings. The van der Waals surface area contributed by atoms with Crippen molar-refractivity contribution in [1.82, 2.24) is 0 Å². The van der Waals surface area contributed by atoms with Gasteiger partial charge in [0.2, 0.25) is 5.91 Å². The van der Waals surface area contributed by atoms with Crippen LogP contribution in [0.15, 0.2) is 46.9 Å². The SMILES string of the molecule is CCCCOC(=O)c1ccc(NC(=O)CCC(=O)OCC(=O)Nc2ccc(Br)c(Cl)c2)cc1. The minimum atomic E-state index is -0.681. The zero-order valence-electron chi connectivity index (χ0n) is 18.0. The van der Waals surface area contributed by atoms with E-state index in [9.17, 15) is 19.2 Å². The van der Waals surface area contributed by atoms with E-state index in [0.717, 1.165) is 12.8 Å². The Kier molecular flexibility index (Phi) is 10.9. The lowest BCUT2D eigenvalue weighted by Gasteiger charge is -2.08. The van der Waals surface area contributed by atoms with Gasteiger partial charge in [-0.25, -0.2) is 4.79 Å². The van der Waals surface area contributed by atoms with E-state index in [0.29, 0.717) is 33.0 Å². The fraction of sp³-hybridized carbons (Fsp3) is 0.304. The lowest BCUT2D eigenvalue weighted by atomic mass is 10.2. The first kappa shape index (κ1) is 26.3. The monoisotopic (exact) mass is 538 g/mol. The molecule has 0 spiro atoms. The largest absolute Gasteiger partial charge is 0.462 e. The first-order chi connectivity index (χ1) is 15.8. The Balaban J connectivity index is 1.69. The number of ether oxygens (including phenoxy) is 2. The summed E-state index contributed by atoms with van der Waals surface area (Å²) in [7, 11) is 0. The van der Waals surface area contributed by atoms with E-state index in [2.05, 4.69) is 26.6 Å². The number of rotatable bonds is 11. The summed E-state index contributed by atoms with van der Waals surface area (Å²) in [6.45, 7) is 1.89. The maximum absolute atomic E-state index is 12.0. The second-order valence-corrected chi connectivity index (χ2v) is 8.21. The number of benzene rings is 2. The Labute approximate surface area is 205 Å². The molecule has 0 fully saturated rings. The molecule has 0 aliphatic rings. The minimum Gasteiger partial charge on any atom is -0.462 e. The maximum atomic E-state index is 12.0. The van der Waals surface area contributed by atoms with Crippen molar-refractivity contribution < 1.29 is 28.7 Å². The fourth-order valence-corrected chi connectivity index (χ4v) is 2.94. The number of carbonyl (C=O) groups excluding carboxylic acids is 4. The normalized spacial score (nSPS) is 10.3. The Hall–Kier alpha value is -2.91. The number of halogens is 2. The van der Waals surface area contributed by atoms with Crippen molar-refractivity contribution in [2.45, 2.75) is 32.6 Å². The molecule has 2 rings (SSSR count). The van der Waals surface area contributed by atoms with E-state index in [1.807, 2.05) is 6.92 Å². The van der Waals surface area contributed by atoms with E-state index in [-0.39, 0.29) is 12.8 Å². The lowest BCUT2D eigenvalue weighted by Crippen LogP contribution is -2.21. The van der Waals surface area contributed by atoms with Crippen LogP contribution in [0.2, 0.25) is 5.02 Å². The number of carbonyl (C=O) groups is 4. The second-order valence-electron chi connectivity index (χ2n) is 6.95. The smallest absolute Gasteiger partial charge is 0.338 e. The zero-order chi connectivity index (χ0) is 24.2. The van der Waals surface area contributed by atoms with Gasteiger partial charge in [0.05, 0.1) is 23.6 Å². The van der Waals surface area contributed by atoms with E-state index in [1.165, 1.54) is 0 Å². The van der Waals surface area contributed by atoms with Crippen LogP contribution < -0.4 is 10.6 Å². The van der Waals surface area contributed by atoms with Crippen LogP contribution >= 0.6 is 27.5 Å². The third-order valence-corrected chi connectivity index (χ3v) is 5.49. The maximum Gasteiger partial charge on any atom is 0.338 e. The van der Waals surface area contributed by atoms with Gasteiger partial charge in [-0.2, -0.15) is 0 Å². The van der Waals surface area contributed by atoms with E-state index in [4.69, 9.17) is 21.1 Å². The minimum absolute atomic E-state index is 0.121. The van der Waals surface area contributed by atoms with Gasteiger partial charge < -0.3 is 20.1 Å². The molecular weight excluding hydrogens is 516 g/mol. The summed E-state index contributed by atoms with van der Waals surface area (Å²) < 4.78 is 10.7.